The molecule has 0 aromatic rings. The summed E-state index contributed by atoms with van der Waals surface area (Å²) in [7, 11) is 0. The summed E-state index contributed by atoms with van der Waals surface area (Å²) in [4.78, 5) is 34.9. The lowest BCUT2D eigenvalue weighted by atomic mass is 10.2. The van der Waals surface area contributed by atoms with Gasteiger partial charge in [-0.05, 0) is 6.42 Å². The standard InChI is InChI=1S/C11H15N3O5.ClH/c1-2-3-19-11(18)6-4-13-5-7(12)9(15)14(13)8(6)10(16)17;/h7H,2-5,12H2,1H3,(H,16,17);1H. The van der Waals surface area contributed by atoms with E-state index >= 15 is 0 Å². The predicted molar refractivity (Wildman–Crippen MR) is 69.6 cm³/mol. The molecule has 0 aromatic heterocycles. The van der Waals surface area contributed by atoms with E-state index < -0.39 is 23.9 Å². The third kappa shape index (κ3) is 2.62. The average Bonchev–Trinajstić information content (AvgIpc) is 2.85. The van der Waals surface area contributed by atoms with Crippen molar-refractivity contribution in [3.63, 3.8) is 0 Å². The average molecular weight is 306 g/mol. The Morgan fingerprint density at radius 1 is 1.50 bits per heavy atom. The first-order valence-corrected chi connectivity index (χ1v) is 5.95. The molecule has 8 nitrogen and oxygen atoms in total. The molecule has 0 bridgehead atoms. The number of carbonyl (C=O) groups excluding carboxylic acids is 2. The van der Waals surface area contributed by atoms with Gasteiger partial charge in [0.1, 0.15) is 6.04 Å². The second kappa shape index (κ2) is 6.21. The lowest BCUT2D eigenvalue weighted by Gasteiger charge is -2.18. The number of halogens is 1. The number of nitrogens with two attached hydrogens (primary N) is 1. The zero-order valence-corrected chi connectivity index (χ0v) is 11.7. The van der Waals surface area contributed by atoms with Crippen LogP contribution in [0.4, 0.5) is 0 Å². The van der Waals surface area contributed by atoms with Crippen LogP contribution >= 0.6 is 12.4 Å². The number of rotatable bonds is 4. The smallest absolute Gasteiger partial charge is 0.354 e. The summed E-state index contributed by atoms with van der Waals surface area (Å²) in [5.41, 5.74) is 5.21. The molecule has 1 fully saturated rings. The number of amides is 1. The first kappa shape index (κ1) is 16.4. The second-order valence-electron chi connectivity index (χ2n) is 4.37. The Bertz CT molecular complexity index is 479. The third-order valence-electron chi connectivity index (χ3n) is 2.94. The van der Waals surface area contributed by atoms with Crippen molar-refractivity contribution in [2.45, 2.75) is 19.4 Å². The first-order valence-electron chi connectivity index (χ1n) is 5.95. The number of hydrogen-bond donors (Lipinski definition) is 2. The molecule has 1 amide bonds. The van der Waals surface area contributed by atoms with Gasteiger partial charge in [0, 0.05) is 6.54 Å². The van der Waals surface area contributed by atoms with Gasteiger partial charge in [-0.15, -0.1) is 12.4 Å². The van der Waals surface area contributed by atoms with E-state index in [9.17, 15) is 19.5 Å². The topological polar surface area (TPSA) is 113 Å². The van der Waals surface area contributed by atoms with Gasteiger partial charge in [0.2, 0.25) is 0 Å². The highest BCUT2D eigenvalue weighted by molar-refractivity contribution is 6.04. The van der Waals surface area contributed by atoms with Crippen molar-refractivity contribution in [1.82, 2.24) is 10.0 Å². The maximum Gasteiger partial charge on any atom is 0.354 e. The van der Waals surface area contributed by atoms with E-state index in [4.69, 9.17) is 10.5 Å². The van der Waals surface area contributed by atoms with Crippen LogP contribution in [0, 0.1) is 0 Å². The van der Waals surface area contributed by atoms with Crippen molar-refractivity contribution in [2.75, 3.05) is 19.7 Å². The summed E-state index contributed by atoms with van der Waals surface area (Å²) in [6.07, 6.45) is 0.638. The van der Waals surface area contributed by atoms with E-state index in [-0.39, 0.29) is 43.4 Å². The van der Waals surface area contributed by atoms with Crippen LogP contribution in [0.2, 0.25) is 0 Å². The fraction of sp³-hybridized carbons (Fsp3) is 0.545. The Morgan fingerprint density at radius 2 is 2.15 bits per heavy atom. The zero-order valence-electron chi connectivity index (χ0n) is 10.9. The normalized spacial score (nSPS) is 21.8. The number of hydrogen-bond acceptors (Lipinski definition) is 6. The van der Waals surface area contributed by atoms with Crippen LogP contribution < -0.4 is 5.73 Å². The van der Waals surface area contributed by atoms with Gasteiger partial charge < -0.3 is 15.6 Å². The molecule has 0 radical (unpaired) electrons. The van der Waals surface area contributed by atoms with Gasteiger partial charge in [-0.3, -0.25) is 4.79 Å². The third-order valence-corrected chi connectivity index (χ3v) is 2.94. The Kier molecular flexibility index (Phi) is 5.09. The molecule has 1 unspecified atom stereocenters. The molecule has 0 aromatic carbocycles. The number of aliphatic carboxylic acids is 1. The number of nitrogens with zero attached hydrogens (tertiary/aromatic N) is 2. The van der Waals surface area contributed by atoms with Crippen molar-refractivity contribution in [1.29, 1.82) is 0 Å². The molecule has 2 aliphatic heterocycles. The molecule has 1 saturated heterocycles. The molecular weight excluding hydrogens is 290 g/mol. The number of esters is 1. The number of ether oxygens (including phenoxy) is 1. The highest BCUT2D eigenvalue weighted by atomic mass is 35.5. The molecule has 1 atom stereocenters. The van der Waals surface area contributed by atoms with Crippen LogP contribution in [0.3, 0.4) is 0 Å². The SMILES string of the molecule is CCCOC(=O)C1=C(C(=O)O)N2C(=O)C(N)CN2C1.Cl. The van der Waals surface area contributed by atoms with Crippen LogP contribution in [0.5, 0.6) is 0 Å². The molecule has 3 N–H and O–H groups in total. The van der Waals surface area contributed by atoms with E-state index in [1.807, 2.05) is 6.92 Å². The molecule has 0 saturated carbocycles. The van der Waals surface area contributed by atoms with Crippen molar-refractivity contribution < 1.29 is 24.2 Å². The lowest BCUT2D eigenvalue weighted by Crippen LogP contribution is -2.37. The summed E-state index contributed by atoms with van der Waals surface area (Å²) in [5.74, 6) is -2.56. The number of carboxylic acids is 1. The summed E-state index contributed by atoms with van der Waals surface area (Å²) in [6, 6.07) is -0.762. The number of hydrazine groups is 1. The fourth-order valence-electron chi connectivity index (χ4n) is 2.12. The van der Waals surface area contributed by atoms with E-state index in [1.165, 1.54) is 5.01 Å². The molecule has 2 aliphatic rings. The first-order chi connectivity index (χ1) is 8.97. The summed E-state index contributed by atoms with van der Waals surface area (Å²) < 4.78 is 4.93. The van der Waals surface area contributed by atoms with Gasteiger partial charge in [-0.1, -0.05) is 6.92 Å². The van der Waals surface area contributed by atoms with E-state index in [2.05, 4.69) is 0 Å². The minimum absolute atomic E-state index is 0. The van der Waals surface area contributed by atoms with Crippen molar-refractivity contribution in [3.05, 3.63) is 11.3 Å². The Morgan fingerprint density at radius 3 is 2.70 bits per heavy atom. The van der Waals surface area contributed by atoms with Gasteiger partial charge in [0.25, 0.3) is 5.91 Å². The van der Waals surface area contributed by atoms with Gasteiger partial charge >= 0.3 is 11.9 Å². The van der Waals surface area contributed by atoms with Crippen molar-refractivity contribution in [2.24, 2.45) is 5.73 Å². The predicted octanol–water partition coefficient (Wildman–Crippen LogP) is -0.900. The quantitative estimate of drug-likeness (QED) is 0.647. The second-order valence-corrected chi connectivity index (χ2v) is 4.37. The summed E-state index contributed by atoms with van der Waals surface area (Å²) in [6.45, 7) is 2.27. The number of carboxylic acid groups (broad SMARTS) is 1. The number of fused-ring (bicyclic) bond motifs is 1. The zero-order chi connectivity index (χ0) is 14.2. The Balaban J connectivity index is 0.00000200. The van der Waals surface area contributed by atoms with Crippen LogP contribution in [0.25, 0.3) is 0 Å². The Hall–Kier alpha value is -1.64. The molecule has 2 rings (SSSR count). The van der Waals surface area contributed by atoms with Crippen LogP contribution in [0.1, 0.15) is 13.3 Å². The maximum atomic E-state index is 11.8. The largest absolute Gasteiger partial charge is 0.477 e. The molecule has 112 valence electrons. The molecule has 20 heavy (non-hydrogen) atoms. The van der Waals surface area contributed by atoms with Gasteiger partial charge in [0.15, 0.2) is 5.70 Å². The van der Waals surface area contributed by atoms with E-state index in [0.29, 0.717) is 6.42 Å². The van der Waals surface area contributed by atoms with Gasteiger partial charge in [-0.25, -0.2) is 19.6 Å². The van der Waals surface area contributed by atoms with Gasteiger partial charge in [0.05, 0.1) is 18.7 Å². The van der Waals surface area contributed by atoms with Crippen molar-refractivity contribution in [3.8, 4) is 0 Å². The fourth-order valence-corrected chi connectivity index (χ4v) is 2.12. The summed E-state index contributed by atoms with van der Waals surface area (Å²) >= 11 is 0. The molecule has 9 heteroatoms. The monoisotopic (exact) mass is 305 g/mol. The number of carbonyl (C=O) groups is 3. The highest BCUT2D eigenvalue weighted by Crippen LogP contribution is 2.29. The lowest BCUT2D eigenvalue weighted by molar-refractivity contribution is -0.143. The summed E-state index contributed by atoms with van der Waals surface area (Å²) in [5, 5.41) is 11.6. The minimum Gasteiger partial charge on any atom is -0.477 e. The van der Waals surface area contributed by atoms with Crippen LogP contribution in [0.15, 0.2) is 11.3 Å². The Labute approximate surface area is 121 Å². The van der Waals surface area contributed by atoms with Crippen molar-refractivity contribution >= 4 is 30.3 Å². The molecular formula is C11H16ClN3O5. The van der Waals surface area contributed by atoms with Gasteiger partial charge in [-0.2, -0.15) is 0 Å². The minimum atomic E-state index is -1.34. The molecule has 0 aliphatic carbocycles. The molecule has 0 spiro atoms. The molecule has 2 heterocycles. The maximum absolute atomic E-state index is 11.8. The van der Waals surface area contributed by atoms with E-state index in [0.717, 1.165) is 5.01 Å². The highest BCUT2D eigenvalue weighted by Gasteiger charge is 2.48. The van der Waals surface area contributed by atoms with Crippen LogP contribution in [-0.2, 0) is 19.1 Å². The van der Waals surface area contributed by atoms with Crippen LogP contribution in [-0.4, -0.2) is 58.7 Å². The van der Waals surface area contributed by atoms with E-state index in [1.54, 1.807) is 0 Å².